The molecule has 1 aliphatic heterocycles. The van der Waals surface area contributed by atoms with Crippen LogP contribution in [0.2, 0.25) is 0 Å². The summed E-state index contributed by atoms with van der Waals surface area (Å²) in [6, 6.07) is 2.81. The molecule has 0 aromatic carbocycles. The van der Waals surface area contributed by atoms with Crippen LogP contribution >= 0.6 is 0 Å². The minimum absolute atomic E-state index is 0.00127. The standard InChI is InChI=1S/C13H13N3O4/c17-11-10(6-14-8-3-4-8)12(18)16(13(19)15-11)7-9-2-1-5-20-9/h1-2,5-6,8,10H,3-4,7H2,(H,15,17,19)/t10-/m1/s1. The summed E-state index contributed by atoms with van der Waals surface area (Å²) in [5.74, 6) is -1.76. The molecule has 20 heavy (non-hydrogen) atoms. The molecule has 2 aliphatic rings. The number of furan rings is 1. The van der Waals surface area contributed by atoms with Crippen molar-refractivity contribution in [3.05, 3.63) is 24.2 Å². The highest BCUT2D eigenvalue weighted by Gasteiger charge is 2.40. The average Bonchev–Trinajstić information content (AvgIpc) is 3.09. The number of barbiturate groups is 1. The number of urea groups is 1. The lowest BCUT2D eigenvalue weighted by Crippen LogP contribution is -2.57. The summed E-state index contributed by atoms with van der Waals surface area (Å²) < 4.78 is 5.11. The van der Waals surface area contributed by atoms with Crippen molar-refractivity contribution in [3.8, 4) is 0 Å². The zero-order chi connectivity index (χ0) is 14.1. The summed E-state index contributed by atoms with van der Waals surface area (Å²) in [5, 5.41) is 2.16. The molecule has 0 spiro atoms. The van der Waals surface area contributed by atoms with E-state index >= 15 is 0 Å². The van der Waals surface area contributed by atoms with Crippen molar-refractivity contribution in [2.75, 3.05) is 0 Å². The van der Waals surface area contributed by atoms with Gasteiger partial charge in [-0.1, -0.05) is 0 Å². The molecular formula is C13H13N3O4. The van der Waals surface area contributed by atoms with Gasteiger partial charge in [-0.3, -0.25) is 24.8 Å². The Bertz CT molecular complexity index is 574. The van der Waals surface area contributed by atoms with E-state index in [2.05, 4.69) is 10.3 Å². The maximum atomic E-state index is 12.2. The van der Waals surface area contributed by atoms with Gasteiger partial charge in [0.25, 0.3) is 0 Å². The van der Waals surface area contributed by atoms with Crippen molar-refractivity contribution in [2.45, 2.75) is 25.4 Å². The first-order chi connectivity index (χ1) is 9.65. The Labute approximate surface area is 114 Å². The van der Waals surface area contributed by atoms with E-state index in [0.29, 0.717) is 5.76 Å². The van der Waals surface area contributed by atoms with Gasteiger partial charge < -0.3 is 4.42 Å². The van der Waals surface area contributed by atoms with Crippen molar-refractivity contribution < 1.29 is 18.8 Å². The van der Waals surface area contributed by atoms with E-state index in [1.54, 1.807) is 12.1 Å². The molecule has 0 bridgehead atoms. The predicted octanol–water partition coefficient (Wildman–Crippen LogP) is 0.707. The molecule has 1 aromatic rings. The van der Waals surface area contributed by atoms with Gasteiger partial charge in [-0.05, 0) is 25.0 Å². The molecule has 0 unspecified atom stereocenters. The van der Waals surface area contributed by atoms with Gasteiger partial charge in [-0.2, -0.15) is 0 Å². The first-order valence-electron chi connectivity index (χ1n) is 6.37. The summed E-state index contributed by atoms with van der Waals surface area (Å²) in [7, 11) is 0. The van der Waals surface area contributed by atoms with Crippen molar-refractivity contribution in [2.24, 2.45) is 10.9 Å². The summed E-state index contributed by atoms with van der Waals surface area (Å²) in [6.45, 7) is -0.00127. The smallest absolute Gasteiger partial charge is 0.331 e. The zero-order valence-electron chi connectivity index (χ0n) is 10.6. The Morgan fingerprint density at radius 2 is 2.20 bits per heavy atom. The van der Waals surface area contributed by atoms with Crippen LogP contribution < -0.4 is 5.32 Å². The van der Waals surface area contributed by atoms with Crippen LogP contribution in [-0.4, -0.2) is 35.0 Å². The zero-order valence-corrected chi connectivity index (χ0v) is 10.6. The fraction of sp³-hybridized carbons (Fsp3) is 0.385. The number of aliphatic imine (C=N–C) groups is 1. The molecule has 7 nitrogen and oxygen atoms in total. The minimum atomic E-state index is -1.04. The minimum Gasteiger partial charge on any atom is -0.467 e. The molecule has 1 aliphatic carbocycles. The molecule has 1 atom stereocenters. The van der Waals surface area contributed by atoms with Crippen molar-refractivity contribution in [1.29, 1.82) is 0 Å². The summed E-state index contributed by atoms with van der Waals surface area (Å²) >= 11 is 0. The number of hydrogen-bond acceptors (Lipinski definition) is 5. The molecule has 7 heteroatoms. The highest BCUT2D eigenvalue weighted by molar-refractivity contribution is 6.23. The fourth-order valence-corrected chi connectivity index (χ4v) is 1.90. The third-order valence-corrected chi connectivity index (χ3v) is 3.18. The van der Waals surface area contributed by atoms with Gasteiger partial charge in [0.2, 0.25) is 11.8 Å². The number of carbonyl (C=O) groups is 3. The fourth-order valence-electron chi connectivity index (χ4n) is 1.90. The van der Waals surface area contributed by atoms with Gasteiger partial charge >= 0.3 is 6.03 Å². The van der Waals surface area contributed by atoms with Crippen LogP contribution in [0.1, 0.15) is 18.6 Å². The summed E-state index contributed by atoms with van der Waals surface area (Å²) in [6.07, 6.45) is 4.76. The molecule has 0 radical (unpaired) electrons. The van der Waals surface area contributed by atoms with Gasteiger partial charge in [0.15, 0.2) is 5.92 Å². The van der Waals surface area contributed by atoms with E-state index in [1.807, 2.05) is 0 Å². The van der Waals surface area contributed by atoms with E-state index in [-0.39, 0.29) is 12.6 Å². The molecule has 1 saturated heterocycles. The number of nitrogens with zero attached hydrogens (tertiary/aromatic N) is 2. The maximum absolute atomic E-state index is 12.2. The number of carbonyl (C=O) groups excluding carboxylic acids is 3. The van der Waals surface area contributed by atoms with Crippen LogP contribution in [0.15, 0.2) is 27.8 Å². The SMILES string of the molecule is O=C1NC(=O)N(Cc2ccco2)C(=O)[C@@H]1C=NC1CC1. The van der Waals surface area contributed by atoms with E-state index in [1.165, 1.54) is 12.5 Å². The third kappa shape index (κ3) is 2.47. The molecule has 3 rings (SSSR count). The molecule has 1 aromatic heterocycles. The first-order valence-corrected chi connectivity index (χ1v) is 6.37. The largest absolute Gasteiger partial charge is 0.467 e. The second kappa shape index (κ2) is 4.92. The highest BCUT2D eigenvalue weighted by atomic mass is 16.3. The summed E-state index contributed by atoms with van der Waals surface area (Å²) in [4.78, 5) is 40.8. The second-order valence-corrected chi connectivity index (χ2v) is 4.81. The Balaban J connectivity index is 1.76. The number of rotatable bonds is 4. The van der Waals surface area contributed by atoms with Gasteiger partial charge in [-0.15, -0.1) is 0 Å². The average molecular weight is 275 g/mol. The van der Waals surface area contributed by atoms with Gasteiger partial charge in [0.1, 0.15) is 5.76 Å². The van der Waals surface area contributed by atoms with E-state index < -0.39 is 23.8 Å². The van der Waals surface area contributed by atoms with E-state index in [4.69, 9.17) is 4.42 Å². The van der Waals surface area contributed by atoms with Crippen molar-refractivity contribution in [1.82, 2.24) is 10.2 Å². The van der Waals surface area contributed by atoms with Gasteiger partial charge in [-0.25, -0.2) is 4.79 Å². The summed E-state index contributed by atoms with van der Waals surface area (Å²) in [5.41, 5.74) is 0. The Kier molecular flexibility index (Phi) is 3.09. The van der Waals surface area contributed by atoms with Crippen LogP contribution in [-0.2, 0) is 16.1 Å². The Morgan fingerprint density at radius 3 is 2.85 bits per heavy atom. The maximum Gasteiger partial charge on any atom is 0.331 e. The van der Waals surface area contributed by atoms with E-state index in [9.17, 15) is 14.4 Å². The van der Waals surface area contributed by atoms with Crippen molar-refractivity contribution in [3.63, 3.8) is 0 Å². The number of nitrogens with one attached hydrogen (secondary N) is 1. The van der Waals surface area contributed by atoms with Crippen LogP contribution in [0.4, 0.5) is 4.79 Å². The first kappa shape index (κ1) is 12.6. The topological polar surface area (TPSA) is 92.0 Å². The molecule has 1 saturated carbocycles. The Hall–Kier alpha value is -2.44. The number of hydrogen-bond donors (Lipinski definition) is 1. The molecule has 4 amide bonds. The van der Waals surface area contributed by atoms with E-state index in [0.717, 1.165) is 17.7 Å². The normalized spacial score (nSPS) is 23.5. The monoisotopic (exact) mass is 275 g/mol. The molecule has 2 heterocycles. The van der Waals surface area contributed by atoms with Crippen LogP contribution in [0.5, 0.6) is 0 Å². The Morgan fingerprint density at radius 1 is 1.40 bits per heavy atom. The van der Waals surface area contributed by atoms with Crippen molar-refractivity contribution >= 4 is 24.1 Å². The van der Waals surface area contributed by atoms with Crippen LogP contribution in [0.25, 0.3) is 0 Å². The molecule has 1 N–H and O–H groups in total. The molecule has 104 valence electrons. The van der Waals surface area contributed by atoms with Gasteiger partial charge in [0, 0.05) is 12.3 Å². The number of imide groups is 2. The third-order valence-electron chi connectivity index (χ3n) is 3.18. The van der Waals surface area contributed by atoms with Crippen LogP contribution in [0, 0.1) is 5.92 Å². The van der Waals surface area contributed by atoms with Crippen LogP contribution in [0.3, 0.4) is 0 Å². The predicted molar refractivity (Wildman–Crippen MR) is 67.8 cm³/mol. The second-order valence-electron chi connectivity index (χ2n) is 4.81. The lowest BCUT2D eigenvalue weighted by Gasteiger charge is -2.27. The lowest BCUT2D eigenvalue weighted by atomic mass is 10.1. The quantitative estimate of drug-likeness (QED) is 0.647. The lowest BCUT2D eigenvalue weighted by molar-refractivity contribution is -0.139. The van der Waals surface area contributed by atoms with Gasteiger partial charge in [0.05, 0.1) is 12.8 Å². The molecule has 2 fully saturated rings. The molecular weight excluding hydrogens is 262 g/mol. The highest BCUT2D eigenvalue weighted by Crippen LogP contribution is 2.23. The number of amides is 4.